The fourth-order valence-corrected chi connectivity index (χ4v) is 2.68. The number of benzene rings is 2. The van der Waals surface area contributed by atoms with Gasteiger partial charge in [-0.3, -0.25) is 9.59 Å². The maximum absolute atomic E-state index is 12.3. The molecule has 0 unspecified atom stereocenters. The van der Waals surface area contributed by atoms with E-state index >= 15 is 0 Å². The molecule has 0 saturated heterocycles. The third kappa shape index (κ3) is 4.33. The Hall–Kier alpha value is -3.72. The number of H-pyrrole nitrogens is 1. The van der Waals surface area contributed by atoms with E-state index in [0.29, 0.717) is 11.3 Å². The van der Waals surface area contributed by atoms with Gasteiger partial charge in [-0.15, -0.1) is 0 Å². The second-order valence-corrected chi connectivity index (χ2v) is 6.40. The highest BCUT2D eigenvalue weighted by Crippen LogP contribution is 2.21. The predicted octanol–water partition coefficient (Wildman–Crippen LogP) is 2.66. The predicted molar refractivity (Wildman–Crippen MR) is 109 cm³/mol. The summed E-state index contributed by atoms with van der Waals surface area (Å²) >= 11 is 0. The molecule has 0 radical (unpaired) electrons. The molecular weight excluding hydrogens is 354 g/mol. The number of carbonyl (C=O) groups is 2. The number of amides is 2. The summed E-state index contributed by atoms with van der Waals surface area (Å²) in [6.45, 7) is 0.218. The molecule has 3 aromatic rings. The molecule has 2 aromatic carbocycles. The van der Waals surface area contributed by atoms with Crippen molar-refractivity contribution in [3.05, 3.63) is 65.4 Å². The molecule has 0 bridgehead atoms. The largest absolute Gasteiger partial charge is 0.497 e. The van der Waals surface area contributed by atoms with Gasteiger partial charge in [0.05, 0.1) is 13.7 Å². The summed E-state index contributed by atoms with van der Waals surface area (Å²) in [5, 5.41) is 3.70. The lowest BCUT2D eigenvalue weighted by atomic mass is 10.1. The lowest BCUT2D eigenvalue weighted by Crippen LogP contribution is -2.23. The van der Waals surface area contributed by atoms with Gasteiger partial charge in [0.25, 0.3) is 11.8 Å². The van der Waals surface area contributed by atoms with Gasteiger partial charge >= 0.3 is 0 Å². The summed E-state index contributed by atoms with van der Waals surface area (Å²) in [5.41, 5.74) is 2.70. The molecule has 1 aromatic heterocycles. The van der Waals surface area contributed by atoms with Crippen molar-refractivity contribution in [2.24, 2.45) is 0 Å². The van der Waals surface area contributed by atoms with Crippen LogP contribution in [0.25, 0.3) is 10.9 Å². The van der Waals surface area contributed by atoms with E-state index in [1.54, 1.807) is 51.5 Å². The van der Waals surface area contributed by atoms with Gasteiger partial charge in [-0.1, -0.05) is 11.8 Å². The third-order valence-corrected chi connectivity index (χ3v) is 4.18. The first-order chi connectivity index (χ1) is 13.5. The molecule has 142 valence electrons. The van der Waals surface area contributed by atoms with Crippen molar-refractivity contribution in [1.29, 1.82) is 0 Å². The minimum Gasteiger partial charge on any atom is -0.497 e. The van der Waals surface area contributed by atoms with Crippen LogP contribution >= 0.6 is 0 Å². The smallest absolute Gasteiger partial charge is 0.268 e. The molecule has 0 aliphatic carbocycles. The monoisotopic (exact) mass is 375 g/mol. The highest BCUT2D eigenvalue weighted by atomic mass is 16.5. The van der Waals surface area contributed by atoms with Crippen LogP contribution in [-0.4, -0.2) is 49.4 Å². The number of carbonyl (C=O) groups excluding carboxylic acids is 2. The van der Waals surface area contributed by atoms with Gasteiger partial charge in [-0.2, -0.15) is 0 Å². The van der Waals surface area contributed by atoms with E-state index in [0.717, 1.165) is 22.2 Å². The van der Waals surface area contributed by atoms with Gasteiger partial charge in [0.2, 0.25) is 0 Å². The van der Waals surface area contributed by atoms with Crippen LogP contribution in [0, 0.1) is 11.8 Å². The zero-order valence-electron chi connectivity index (χ0n) is 16.0. The van der Waals surface area contributed by atoms with Crippen molar-refractivity contribution in [2.45, 2.75) is 0 Å². The van der Waals surface area contributed by atoms with Crippen molar-refractivity contribution in [2.75, 3.05) is 27.7 Å². The number of rotatable bonds is 4. The Labute approximate surface area is 163 Å². The molecule has 1 heterocycles. The number of hydrogen-bond acceptors (Lipinski definition) is 3. The van der Waals surface area contributed by atoms with Gasteiger partial charge in [0.1, 0.15) is 11.4 Å². The second kappa shape index (κ2) is 8.31. The van der Waals surface area contributed by atoms with Crippen molar-refractivity contribution >= 4 is 22.7 Å². The molecule has 0 fully saturated rings. The maximum atomic E-state index is 12.3. The van der Waals surface area contributed by atoms with E-state index < -0.39 is 0 Å². The van der Waals surface area contributed by atoms with E-state index in [1.807, 2.05) is 18.2 Å². The Bertz CT molecular complexity index is 1070. The molecule has 6 heteroatoms. The van der Waals surface area contributed by atoms with Crippen molar-refractivity contribution in [3.8, 4) is 17.6 Å². The molecule has 0 aliphatic rings. The summed E-state index contributed by atoms with van der Waals surface area (Å²) < 4.78 is 5.19. The van der Waals surface area contributed by atoms with Crippen LogP contribution in [0.2, 0.25) is 0 Å². The summed E-state index contributed by atoms with van der Waals surface area (Å²) in [4.78, 5) is 28.7. The van der Waals surface area contributed by atoms with Crippen LogP contribution in [0.1, 0.15) is 26.4 Å². The highest BCUT2D eigenvalue weighted by Gasteiger charge is 2.09. The van der Waals surface area contributed by atoms with Crippen LogP contribution in [0.5, 0.6) is 5.75 Å². The lowest BCUT2D eigenvalue weighted by Gasteiger charge is -2.09. The number of methoxy groups -OCH3 is 1. The van der Waals surface area contributed by atoms with Crippen molar-refractivity contribution in [1.82, 2.24) is 15.2 Å². The molecule has 0 saturated carbocycles. The minimum absolute atomic E-state index is 0.0530. The Morgan fingerprint density at radius 1 is 1.11 bits per heavy atom. The first kappa shape index (κ1) is 19.1. The number of hydrogen-bond donors (Lipinski definition) is 2. The van der Waals surface area contributed by atoms with Crippen LogP contribution in [0.4, 0.5) is 0 Å². The van der Waals surface area contributed by atoms with E-state index in [9.17, 15) is 9.59 Å². The van der Waals surface area contributed by atoms with E-state index in [1.165, 1.54) is 4.90 Å². The average molecular weight is 375 g/mol. The highest BCUT2D eigenvalue weighted by molar-refractivity contribution is 5.98. The summed E-state index contributed by atoms with van der Waals surface area (Å²) in [5.74, 6) is 6.34. The number of nitrogens with one attached hydrogen (secondary N) is 2. The number of nitrogens with zero attached hydrogens (tertiary/aromatic N) is 1. The molecule has 2 N–H and O–H groups in total. The van der Waals surface area contributed by atoms with Gasteiger partial charge in [-0.25, -0.2) is 0 Å². The van der Waals surface area contributed by atoms with Gasteiger partial charge in [0.15, 0.2) is 0 Å². The number of aromatic amines is 1. The zero-order valence-corrected chi connectivity index (χ0v) is 16.0. The van der Waals surface area contributed by atoms with E-state index in [4.69, 9.17) is 4.74 Å². The van der Waals surface area contributed by atoms with Gasteiger partial charge < -0.3 is 19.9 Å². The fraction of sp³-hybridized carbons (Fsp3) is 0.182. The third-order valence-electron chi connectivity index (χ3n) is 4.18. The lowest BCUT2D eigenvalue weighted by molar-refractivity contribution is 0.0827. The first-order valence-corrected chi connectivity index (χ1v) is 8.73. The molecule has 0 spiro atoms. The normalized spacial score (nSPS) is 10.1. The molecule has 0 aliphatic heterocycles. The van der Waals surface area contributed by atoms with E-state index in [2.05, 4.69) is 22.1 Å². The fourth-order valence-electron chi connectivity index (χ4n) is 2.68. The van der Waals surface area contributed by atoms with Gasteiger partial charge in [-0.05, 0) is 42.5 Å². The number of ether oxygens (including phenoxy) is 1. The minimum atomic E-state index is -0.226. The Morgan fingerprint density at radius 2 is 1.86 bits per heavy atom. The standard InChI is InChI=1S/C22H21N3O3/c1-25(2)22(27)16-8-6-15(7-9-16)5-4-12-23-21(26)20-13-17-10-11-18(28-3)14-19(17)24-20/h6-11,13-14,24H,12H2,1-3H3,(H,23,26). The topological polar surface area (TPSA) is 74.4 Å². The summed E-state index contributed by atoms with van der Waals surface area (Å²) in [7, 11) is 5.02. The molecule has 2 amide bonds. The maximum Gasteiger partial charge on any atom is 0.268 e. The van der Waals surface area contributed by atoms with Crippen molar-refractivity contribution in [3.63, 3.8) is 0 Å². The summed E-state index contributed by atoms with van der Waals surface area (Å²) in [6.07, 6.45) is 0. The van der Waals surface area contributed by atoms with Crippen LogP contribution in [-0.2, 0) is 0 Å². The second-order valence-electron chi connectivity index (χ2n) is 6.40. The van der Waals surface area contributed by atoms with Crippen LogP contribution in [0.15, 0.2) is 48.5 Å². The van der Waals surface area contributed by atoms with Crippen LogP contribution < -0.4 is 10.1 Å². The SMILES string of the molecule is COc1ccc2cc(C(=O)NCC#Cc3ccc(C(=O)N(C)C)cc3)[nH]c2c1. The Balaban J connectivity index is 1.59. The van der Waals surface area contributed by atoms with E-state index in [-0.39, 0.29) is 18.4 Å². The quantitative estimate of drug-likeness (QED) is 0.689. The molecular formula is C22H21N3O3. The van der Waals surface area contributed by atoms with Gasteiger partial charge in [0, 0.05) is 42.2 Å². The molecule has 3 rings (SSSR count). The van der Waals surface area contributed by atoms with Crippen molar-refractivity contribution < 1.29 is 14.3 Å². The summed E-state index contributed by atoms with van der Waals surface area (Å²) in [6, 6.07) is 14.4. The number of aromatic nitrogens is 1. The Kier molecular flexibility index (Phi) is 5.66. The van der Waals surface area contributed by atoms with Crippen LogP contribution in [0.3, 0.4) is 0 Å². The zero-order chi connectivity index (χ0) is 20.1. The number of fused-ring (bicyclic) bond motifs is 1. The first-order valence-electron chi connectivity index (χ1n) is 8.73. The average Bonchev–Trinajstić information content (AvgIpc) is 3.14. The molecule has 6 nitrogen and oxygen atoms in total. The molecule has 0 atom stereocenters. The molecule has 28 heavy (non-hydrogen) atoms. The Morgan fingerprint density at radius 3 is 2.54 bits per heavy atom.